The maximum atomic E-state index is 12.3. The Balaban J connectivity index is 2.57. The van der Waals surface area contributed by atoms with Crippen molar-refractivity contribution in [3.63, 3.8) is 0 Å². The summed E-state index contributed by atoms with van der Waals surface area (Å²) in [6.07, 6.45) is 1.46. The number of anilines is 1. The molecule has 0 spiro atoms. The first kappa shape index (κ1) is 17.6. The molecule has 0 unspecified atom stereocenters. The van der Waals surface area contributed by atoms with E-state index < -0.39 is 5.97 Å². The molecule has 8 nitrogen and oxygen atoms in total. The predicted octanol–water partition coefficient (Wildman–Crippen LogP) is 2.17. The summed E-state index contributed by atoms with van der Waals surface area (Å²) >= 11 is 0. The molecule has 2 aromatic rings. The van der Waals surface area contributed by atoms with Gasteiger partial charge in [0.15, 0.2) is 11.5 Å². The van der Waals surface area contributed by atoms with Gasteiger partial charge in [-0.15, -0.1) is 0 Å². The van der Waals surface area contributed by atoms with Crippen LogP contribution in [0, 0.1) is 0 Å². The van der Waals surface area contributed by atoms with E-state index in [1.54, 1.807) is 26.2 Å². The van der Waals surface area contributed by atoms with Crippen LogP contribution in [0.3, 0.4) is 0 Å². The molecule has 0 aliphatic rings. The molecule has 0 bridgehead atoms. The zero-order valence-electron chi connectivity index (χ0n) is 13.8. The van der Waals surface area contributed by atoms with Crippen molar-refractivity contribution in [2.24, 2.45) is 0 Å². The maximum absolute atomic E-state index is 12.3. The van der Waals surface area contributed by atoms with E-state index in [0.29, 0.717) is 18.9 Å². The van der Waals surface area contributed by atoms with Gasteiger partial charge in [0, 0.05) is 20.6 Å². The van der Waals surface area contributed by atoms with Gasteiger partial charge in [0.2, 0.25) is 5.95 Å². The maximum Gasteiger partial charge on any atom is 0.342 e. The summed E-state index contributed by atoms with van der Waals surface area (Å²) in [5, 5.41) is 2.95. The molecule has 0 amide bonds. The van der Waals surface area contributed by atoms with E-state index in [2.05, 4.69) is 15.3 Å². The number of nitrogens with one attached hydrogen (secondary N) is 1. The van der Waals surface area contributed by atoms with Crippen LogP contribution in [0.2, 0.25) is 0 Å². The molecule has 2 heterocycles. The minimum atomic E-state index is -0.669. The van der Waals surface area contributed by atoms with Gasteiger partial charge in [-0.1, -0.05) is 0 Å². The van der Waals surface area contributed by atoms with Gasteiger partial charge in [-0.3, -0.25) is 4.79 Å². The highest BCUT2D eigenvalue weighted by Gasteiger charge is 2.26. The van der Waals surface area contributed by atoms with Crippen LogP contribution in [-0.2, 0) is 9.47 Å². The number of esters is 1. The Morgan fingerprint density at radius 2 is 2.12 bits per heavy atom. The number of rotatable bonds is 8. The van der Waals surface area contributed by atoms with Crippen LogP contribution < -0.4 is 5.32 Å². The highest BCUT2D eigenvalue weighted by molar-refractivity contribution is 6.07. The molecule has 1 N–H and O–H groups in total. The molecular formula is C16H19N3O5. The lowest BCUT2D eigenvalue weighted by Gasteiger charge is -2.12. The highest BCUT2D eigenvalue weighted by atomic mass is 16.5. The van der Waals surface area contributed by atoms with Gasteiger partial charge in [0.05, 0.1) is 19.5 Å². The molecule has 0 fully saturated rings. The van der Waals surface area contributed by atoms with E-state index >= 15 is 0 Å². The van der Waals surface area contributed by atoms with Crippen molar-refractivity contribution < 1.29 is 23.5 Å². The minimum Gasteiger partial charge on any atom is -0.463 e. The number of nitrogens with zero attached hydrogens (tertiary/aromatic N) is 2. The van der Waals surface area contributed by atoms with Gasteiger partial charge >= 0.3 is 5.97 Å². The van der Waals surface area contributed by atoms with Crippen LogP contribution in [0.1, 0.15) is 34.7 Å². The standard InChI is InChI=1S/C16H19N3O5/c1-4-23-15(21)12-13(10(2)20)18-16(17-7-9-22-3)19-14(12)11-6-5-8-24-11/h5-6,8H,4,7,9H2,1-3H3,(H,17,18,19). The number of hydrogen-bond acceptors (Lipinski definition) is 8. The Bertz CT molecular complexity index is 713. The summed E-state index contributed by atoms with van der Waals surface area (Å²) in [7, 11) is 1.57. The summed E-state index contributed by atoms with van der Waals surface area (Å²) in [5.74, 6) is -0.491. The summed E-state index contributed by atoms with van der Waals surface area (Å²) in [6, 6.07) is 3.31. The lowest BCUT2D eigenvalue weighted by molar-refractivity contribution is 0.0522. The average Bonchev–Trinajstić information content (AvgIpc) is 3.08. The summed E-state index contributed by atoms with van der Waals surface area (Å²) in [6.45, 7) is 4.07. The number of ether oxygens (including phenoxy) is 2. The topological polar surface area (TPSA) is 104 Å². The van der Waals surface area contributed by atoms with E-state index in [1.165, 1.54) is 13.2 Å². The van der Waals surface area contributed by atoms with E-state index in [9.17, 15) is 9.59 Å². The second-order valence-electron chi connectivity index (χ2n) is 4.79. The SMILES string of the molecule is CCOC(=O)c1c(C(C)=O)nc(NCCOC)nc1-c1ccco1. The molecular weight excluding hydrogens is 314 g/mol. The molecule has 2 rings (SSSR count). The fourth-order valence-electron chi connectivity index (χ4n) is 2.05. The molecule has 0 aromatic carbocycles. The van der Waals surface area contributed by atoms with Crippen LogP contribution in [-0.4, -0.2) is 48.6 Å². The monoisotopic (exact) mass is 333 g/mol. The first-order valence-electron chi connectivity index (χ1n) is 7.45. The highest BCUT2D eigenvalue weighted by Crippen LogP contribution is 2.26. The molecule has 2 aromatic heterocycles. The molecule has 0 radical (unpaired) electrons. The van der Waals surface area contributed by atoms with Crippen LogP contribution >= 0.6 is 0 Å². The summed E-state index contributed by atoms with van der Waals surface area (Å²) in [4.78, 5) is 32.8. The number of aromatic nitrogens is 2. The Labute approximate surface area is 139 Å². The summed E-state index contributed by atoms with van der Waals surface area (Å²) in [5.41, 5.74) is 0.185. The molecule has 0 saturated carbocycles. The fourth-order valence-corrected chi connectivity index (χ4v) is 2.05. The van der Waals surface area contributed by atoms with Crippen LogP contribution in [0.15, 0.2) is 22.8 Å². The van der Waals surface area contributed by atoms with Crippen molar-refractivity contribution in [2.45, 2.75) is 13.8 Å². The first-order valence-corrected chi connectivity index (χ1v) is 7.45. The van der Waals surface area contributed by atoms with Gasteiger partial charge in [-0.05, 0) is 19.1 Å². The number of ketones is 1. The molecule has 0 saturated heterocycles. The summed E-state index contributed by atoms with van der Waals surface area (Å²) < 4.78 is 15.3. The van der Waals surface area contributed by atoms with Gasteiger partial charge < -0.3 is 19.2 Å². The van der Waals surface area contributed by atoms with Crippen molar-refractivity contribution in [3.8, 4) is 11.5 Å². The molecule has 0 aliphatic heterocycles. The molecule has 24 heavy (non-hydrogen) atoms. The van der Waals surface area contributed by atoms with Crippen molar-refractivity contribution in [2.75, 3.05) is 32.2 Å². The number of methoxy groups -OCH3 is 1. The van der Waals surface area contributed by atoms with E-state index in [4.69, 9.17) is 13.9 Å². The predicted molar refractivity (Wildman–Crippen MR) is 86.1 cm³/mol. The smallest absolute Gasteiger partial charge is 0.342 e. The largest absolute Gasteiger partial charge is 0.463 e. The van der Waals surface area contributed by atoms with Gasteiger partial charge in [0.1, 0.15) is 17.0 Å². The van der Waals surface area contributed by atoms with Crippen molar-refractivity contribution in [1.82, 2.24) is 9.97 Å². The number of Topliss-reactive ketones (excluding diaryl/α,β-unsaturated/α-hetero) is 1. The normalized spacial score (nSPS) is 10.5. The fraction of sp³-hybridized carbons (Fsp3) is 0.375. The zero-order valence-corrected chi connectivity index (χ0v) is 13.8. The average molecular weight is 333 g/mol. The lowest BCUT2D eigenvalue weighted by Crippen LogP contribution is -2.18. The second-order valence-corrected chi connectivity index (χ2v) is 4.79. The molecule has 0 atom stereocenters. The number of carbonyl (C=O) groups is 2. The number of hydrogen-bond donors (Lipinski definition) is 1. The molecule has 8 heteroatoms. The van der Waals surface area contributed by atoms with Crippen molar-refractivity contribution in [3.05, 3.63) is 29.7 Å². The Kier molecular flexibility index (Phi) is 6.02. The van der Waals surface area contributed by atoms with Gasteiger partial charge in [0.25, 0.3) is 0 Å². The second kappa shape index (κ2) is 8.21. The van der Waals surface area contributed by atoms with E-state index in [0.717, 1.165) is 0 Å². The molecule has 128 valence electrons. The van der Waals surface area contributed by atoms with Gasteiger partial charge in [-0.25, -0.2) is 14.8 Å². The Hall–Kier alpha value is -2.74. The third-order valence-electron chi connectivity index (χ3n) is 3.07. The third-order valence-corrected chi connectivity index (χ3v) is 3.07. The minimum absolute atomic E-state index is 0.00316. The number of furan rings is 1. The van der Waals surface area contributed by atoms with E-state index in [1.807, 2.05) is 0 Å². The quantitative estimate of drug-likeness (QED) is 0.445. The van der Waals surface area contributed by atoms with Gasteiger partial charge in [-0.2, -0.15) is 0 Å². The Morgan fingerprint density at radius 3 is 2.71 bits per heavy atom. The van der Waals surface area contributed by atoms with E-state index in [-0.39, 0.29) is 35.3 Å². The third kappa shape index (κ3) is 3.96. The van der Waals surface area contributed by atoms with Crippen LogP contribution in [0.4, 0.5) is 5.95 Å². The van der Waals surface area contributed by atoms with Crippen LogP contribution in [0.25, 0.3) is 11.5 Å². The molecule has 0 aliphatic carbocycles. The zero-order chi connectivity index (χ0) is 17.5. The first-order chi connectivity index (χ1) is 11.6. The number of carbonyl (C=O) groups excluding carboxylic acids is 2. The van der Waals surface area contributed by atoms with Crippen LogP contribution in [0.5, 0.6) is 0 Å². The lowest BCUT2D eigenvalue weighted by atomic mass is 10.1. The van der Waals surface area contributed by atoms with Crippen molar-refractivity contribution >= 4 is 17.7 Å². The van der Waals surface area contributed by atoms with Crippen molar-refractivity contribution in [1.29, 1.82) is 0 Å². The Morgan fingerprint density at radius 1 is 1.33 bits per heavy atom.